The Morgan fingerprint density at radius 3 is 3.11 bits per heavy atom. The van der Waals surface area contributed by atoms with Crippen LogP contribution in [0.1, 0.15) is 30.2 Å². The molecule has 8 nitrogen and oxygen atoms in total. The molecule has 0 aliphatic carbocycles. The highest BCUT2D eigenvalue weighted by atomic mass is 16.6. The Kier molecular flexibility index (Phi) is 3.76. The normalized spacial score (nSPS) is 31.2. The van der Waals surface area contributed by atoms with Crippen molar-refractivity contribution >= 4 is 14.0 Å². The van der Waals surface area contributed by atoms with Gasteiger partial charge in [-0.05, 0) is 6.42 Å². The smallest absolute Gasteiger partial charge is 0.288 e. The summed E-state index contributed by atoms with van der Waals surface area (Å²) in [6.07, 6.45) is 0.948. The molecule has 4 atom stereocenters. The largest absolute Gasteiger partial charge is 0.436 e. The van der Waals surface area contributed by atoms with Crippen LogP contribution >= 0.6 is 0 Å². The third-order valence-electron chi connectivity index (χ3n) is 3.20. The first-order valence-electron chi connectivity index (χ1n) is 6.50. The zero-order valence-corrected chi connectivity index (χ0v) is 11.1. The van der Waals surface area contributed by atoms with E-state index in [-0.39, 0.29) is 24.1 Å². The van der Waals surface area contributed by atoms with Crippen molar-refractivity contribution in [2.75, 3.05) is 7.11 Å². The summed E-state index contributed by atoms with van der Waals surface area (Å²) in [4.78, 5) is 15.1. The summed E-state index contributed by atoms with van der Waals surface area (Å²) < 4.78 is 24.9. The minimum Gasteiger partial charge on any atom is -0.436 e. The van der Waals surface area contributed by atoms with Gasteiger partial charge in [0.05, 0.1) is 12.2 Å². The zero-order valence-electron chi connectivity index (χ0n) is 12.1. The summed E-state index contributed by atoms with van der Waals surface area (Å²) in [6, 6.07) is 0. The van der Waals surface area contributed by atoms with Gasteiger partial charge >= 0.3 is 0 Å². The number of carbonyl (C=O) groups excluding carboxylic acids is 1. The predicted octanol–water partition coefficient (Wildman–Crippen LogP) is -1.37. The van der Waals surface area contributed by atoms with Gasteiger partial charge in [-0.15, -0.1) is 5.10 Å². The molecule has 0 saturated carbocycles. The molecule has 1 fully saturated rings. The fourth-order valence-corrected chi connectivity index (χ4v) is 2.29. The van der Waals surface area contributed by atoms with Gasteiger partial charge in [0.2, 0.25) is 5.82 Å². The van der Waals surface area contributed by atoms with E-state index in [1.165, 1.54) is 11.0 Å². The number of hydrogen-bond donors (Lipinski definition) is 1. The molecule has 19 heavy (non-hydrogen) atoms. The molecule has 0 spiro atoms. The Labute approximate surface area is 113 Å². The van der Waals surface area contributed by atoms with Crippen LogP contribution < -0.4 is 5.73 Å². The van der Waals surface area contributed by atoms with Crippen LogP contribution in [-0.4, -0.2) is 54.1 Å². The fourth-order valence-electron chi connectivity index (χ4n) is 2.29. The summed E-state index contributed by atoms with van der Waals surface area (Å²) in [5, 5.41) is 4.01. The zero-order chi connectivity index (χ0) is 14.7. The fraction of sp³-hybridized carbons (Fsp3) is 0.700. The van der Waals surface area contributed by atoms with Gasteiger partial charge in [0.25, 0.3) is 14.0 Å². The van der Waals surface area contributed by atoms with E-state index in [1.54, 1.807) is 20.9 Å². The third kappa shape index (κ3) is 2.49. The molecule has 2 rings (SSSR count). The summed E-state index contributed by atoms with van der Waals surface area (Å²) in [5.74, 6) is -0.765. The number of nitrogens with two attached hydrogens (primary N) is 1. The van der Waals surface area contributed by atoms with Crippen molar-refractivity contribution in [2.45, 2.75) is 37.9 Å². The lowest BCUT2D eigenvalue weighted by molar-refractivity contribution is -0.0581. The van der Waals surface area contributed by atoms with Crippen molar-refractivity contribution < 1.29 is 20.3 Å². The lowest BCUT2D eigenvalue weighted by Gasteiger charge is -2.21. The molecule has 9 heteroatoms. The summed E-state index contributed by atoms with van der Waals surface area (Å²) in [5.41, 5.74) is 1.73. The molecule has 0 bridgehead atoms. The van der Waals surface area contributed by atoms with E-state index >= 15 is 0 Å². The van der Waals surface area contributed by atoms with Crippen LogP contribution in [0.2, 0.25) is 1.41 Å². The molecule has 1 aliphatic rings. The van der Waals surface area contributed by atoms with Crippen molar-refractivity contribution in [3.05, 3.63) is 12.2 Å². The predicted molar refractivity (Wildman–Crippen MR) is 67.0 cm³/mol. The van der Waals surface area contributed by atoms with Gasteiger partial charge in [-0.1, -0.05) is 6.92 Å². The highest BCUT2D eigenvalue weighted by molar-refractivity contribution is 5.98. The number of carbonyl (C=O) groups is 1. The average Bonchev–Trinajstić information content (AvgIpc) is 3.09. The van der Waals surface area contributed by atoms with Crippen molar-refractivity contribution in [3.8, 4) is 0 Å². The van der Waals surface area contributed by atoms with Crippen LogP contribution in [0.3, 0.4) is 0 Å². The maximum Gasteiger partial charge on any atom is 0.288 e. The van der Waals surface area contributed by atoms with Crippen molar-refractivity contribution in [3.63, 3.8) is 0 Å². The second-order valence-corrected chi connectivity index (χ2v) is 4.25. The molecule has 1 aliphatic heterocycles. The number of hydrogen-bond acceptors (Lipinski definition) is 6. The summed E-state index contributed by atoms with van der Waals surface area (Å²) in [7, 11) is 3.17. The molecule has 0 aromatic carbocycles. The average molecular weight is 269 g/mol. The Balaban J connectivity index is 2.23. The standard InChI is InChI=1S/C10H17BN4O4/c1-3-5-6(19-11)7(17-2)10(18-5)15-4-13-9(14-15)8(12)16/h4-7,10H,3,11H2,1-2H3,(H2,12,16)/t5-,6+,7?,10-/m1/s1/i/hD. The van der Waals surface area contributed by atoms with E-state index in [4.69, 9.17) is 15.5 Å². The van der Waals surface area contributed by atoms with Crippen LogP contribution in [-0.2, 0) is 14.1 Å². The Hall–Kier alpha value is -1.45. The highest BCUT2D eigenvalue weighted by Crippen LogP contribution is 2.33. The number of amides is 1. The quantitative estimate of drug-likeness (QED) is 0.662. The SMILES string of the molecule is [2H]NC(=O)c1ncn([C@@H]2O[C@H](CC)[C@H](OB)C2OC)n1. The minimum atomic E-state index is -0.675. The monoisotopic (exact) mass is 269 g/mol. The van der Waals surface area contributed by atoms with E-state index in [0.29, 0.717) is 0 Å². The van der Waals surface area contributed by atoms with Gasteiger partial charge in [0.1, 0.15) is 12.4 Å². The van der Waals surface area contributed by atoms with Crippen LogP contribution in [0.25, 0.3) is 0 Å². The lowest BCUT2D eigenvalue weighted by Crippen LogP contribution is -2.35. The minimum absolute atomic E-state index is 0.0904. The second-order valence-electron chi connectivity index (χ2n) is 4.25. The number of methoxy groups -OCH3 is 1. The maximum atomic E-state index is 11.3. The molecular weight excluding hydrogens is 251 g/mol. The molecule has 1 unspecified atom stereocenters. The topological polar surface area (TPSA) is 101 Å². The molecule has 2 N–H and O–H groups in total. The first-order valence-corrected chi connectivity index (χ1v) is 6.00. The lowest BCUT2D eigenvalue weighted by atomic mass is 10.1. The maximum absolute atomic E-state index is 11.3. The van der Waals surface area contributed by atoms with Crippen LogP contribution in [0.4, 0.5) is 0 Å². The number of nitrogens with zero attached hydrogens (tertiary/aromatic N) is 3. The van der Waals surface area contributed by atoms with E-state index in [1.807, 2.05) is 6.92 Å². The molecule has 1 aromatic heterocycles. The number of aromatic nitrogens is 3. The Morgan fingerprint density at radius 2 is 2.53 bits per heavy atom. The van der Waals surface area contributed by atoms with E-state index in [0.717, 1.165) is 6.42 Å². The van der Waals surface area contributed by atoms with Gasteiger partial charge in [-0.2, -0.15) is 0 Å². The van der Waals surface area contributed by atoms with Gasteiger partial charge in [-0.25, -0.2) is 9.67 Å². The van der Waals surface area contributed by atoms with E-state index in [2.05, 4.69) is 10.1 Å². The van der Waals surface area contributed by atoms with Crippen LogP contribution in [0.15, 0.2) is 6.33 Å². The van der Waals surface area contributed by atoms with Gasteiger partial charge in [0.15, 0.2) is 7.64 Å². The second kappa shape index (κ2) is 5.68. The van der Waals surface area contributed by atoms with Crippen molar-refractivity contribution in [2.24, 2.45) is 5.73 Å². The van der Waals surface area contributed by atoms with Gasteiger partial charge in [-0.3, -0.25) is 4.79 Å². The highest BCUT2D eigenvalue weighted by Gasteiger charge is 2.45. The van der Waals surface area contributed by atoms with Crippen LogP contribution in [0, 0.1) is 0 Å². The van der Waals surface area contributed by atoms with Gasteiger partial charge in [0, 0.05) is 7.11 Å². The number of primary amides is 1. The van der Waals surface area contributed by atoms with E-state index in [9.17, 15) is 4.79 Å². The molecule has 1 saturated heterocycles. The van der Waals surface area contributed by atoms with E-state index < -0.39 is 12.1 Å². The van der Waals surface area contributed by atoms with Gasteiger partial charge < -0.3 is 19.9 Å². The number of ether oxygens (including phenoxy) is 2. The first kappa shape index (κ1) is 12.6. The Morgan fingerprint density at radius 1 is 1.74 bits per heavy atom. The first-order chi connectivity index (χ1) is 9.65. The molecule has 0 radical (unpaired) electrons. The van der Waals surface area contributed by atoms with Crippen molar-refractivity contribution in [1.29, 1.82) is 0 Å². The van der Waals surface area contributed by atoms with Crippen LogP contribution in [0.5, 0.6) is 0 Å². The molecule has 104 valence electrons. The summed E-state index contributed by atoms with van der Waals surface area (Å²) >= 11 is 0. The third-order valence-corrected chi connectivity index (χ3v) is 3.20. The molecule has 1 amide bonds. The number of rotatable bonds is 5. The molecular formula is C10H17BN4O4. The molecule has 2 heterocycles. The Bertz CT molecular complexity index is 474. The molecule has 1 aromatic rings. The summed E-state index contributed by atoms with van der Waals surface area (Å²) in [6.45, 7) is 1.99. The van der Waals surface area contributed by atoms with Crippen molar-refractivity contribution in [1.82, 2.24) is 14.8 Å².